The lowest BCUT2D eigenvalue weighted by atomic mass is 10.2. The Morgan fingerprint density at radius 1 is 1.12 bits per heavy atom. The fourth-order valence-corrected chi connectivity index (χ4v) is 3.61. The van der Waals surface area contributed by atoms with Crippen LogP contribution >= 0.6 is 27.3 Å². The monoisotopic (exact) mass is 306 g/mol. The normalized spacial score (nSPS) is 11.1. The van der Waals surface area contributed by atoms with E-state index in [4.69, 9.17) is 0 Å². The average Bonchev–Trinajstić information content (AvgIpc) is 2.34. The first-order valence-corrected chi connectivity index (χ1v) is 6.62. The lowest BCUT2D eigenvalue weighted by Crippen LogP contribution is -2.01. The van der Waals surface area contributed by atoms with E-state index in [1.807, 2.05) is 24.3 Å². The van der Waals surface area contributed by atoms with E-state index >= 15 is 0 Å². The van der Waals surface area contributed by atoms with Gasteiger partial charge in [-0.2, -0.15) is 0 Å². The third kappa shape index (κ3) is 1.56. The van der Waals surface area contributed by atoms with E-state index in [1.54, 1.807) is 12.1 Å². The van der Waals surface area contributed by atoms with E-state index in [2.05, 4.69) is 15.9 Å². The van der Waals surface area contributed by atoms with Gasteiger partial charge in [0.2, 0.25) is 0 Å². The fourth-order valence-electron chi connectivity index (χ4n) is 1.85. The van der Waals surface area contributed by atoms with Crippen molar-refractivity contribution in [1.29, 1.82) is 0 Å². The van der Waals surface area contributed by atoms with Crippen LogP contribution in [0.15, 0.2) is 45.7 Å². The molecule has 1 N–H and O–H groups in total. The number of phenolic OH excluding ortho intramolecular Hbond substituents is 1. The van der Waals surface area contributed by atoms with Crippen molar-refractivity contribution in [3.63, 3.8) is 0 Å². The van der Waals surface area contributed by atoms with E-state index < -0.39 is 0 Å². The van der Waals surface area contributed by atoms with Crippen LogP contribution in [0.1, 0.15) is 0 Å². The third-order valence-corrected chi connectivity index (χ3v) is 4.51. The molecule has 4 heteroatoms. The van der Waals surface area contributed by atoms with Crippen LogP contribution in [-0.4, -0.2) is 5.11 Å². The van der Waals surface area contributed by atoms with Crippen molar-refractivity contribution >= 4 is 47.4 Å². The van der Waals surface area contributed by atoms with Gasteiger partial charge in [0, 0.05) is 14.6 Å². The zero-order chi connectivity index (χ0) is 12.0. The van der Waals surface area contributed by atoms with Crippen molar-refractivity contribution in [3.8, 4) is 5.75 Å². The van der Waals surface area contributed by atoms with Crippen molar-refractivity contribution in [2.45, 2.75) is 0 Å². The molecule has 0 aliphatic heterocycles. The second-order valence-corrected chi connectivity index (χ2v) is 5.60. The van der Waals surface area contributed by atoms with Gasteiger partial charge in [-0.05, 0) is 40.2 Å². The smallest absolute Gasteiger partial charge is 0.197 e. The summed E-state index contributed by atoms with van der Waals surface area (Å²) in [5.74, 6) is 0.149. The van der Waals surface area contributed by atoms with Crippen molar-refractivity contribution < 1.29 is 5.11 Å². The fraction of sp³-hybridized carbons (Fsp3) is 0. The van der Waals surface area contributed by atoms with E-state index in [9.17, 15) is 9.90 Å². The zero-order valence-corrected chi connectivity index (χ0v) is 11.0. The molecule has 0 aliphatic carbocycles. The quantitative estimate of drug-likeness (QED) is 0.640. The first-order chi connectivity index (χ1) is 8.18. The Kier molecular flexibility index (Phi) is 2.42. The summed E-state index contributed by atoms with van der Waals surface area (Å²) >= 11 is 4.79. The van der Waals surface area contributed by atoms with Crippen molar-refractivity contribution in [3.05, 3.63) is 51.1 Å². The highest BCUT2D eigenvalue weighted by Crippen LogP contribution is 2.34. The van der Waals surface area contributed by atoms with Gasteiger partial charge >= 0.3 is 0 Å². The van der Waals surface area contributed by atoms with E-state index in [1.165, 1.54) is 11.3 Å². The number of hydrogen-bond donors (Lipinski definition) is 1. The first kappa shape index (κ1) is 10.7. The second kappa shape index (κ2) is 3.82. The molecular weight excluding hydrogens is 300 g/mol. The molecule has 17 heavy (non-hydrogen) atoms. The Morgan fingerprint density at radius 2 is 1.88 bits per heavy atom. The maximum Gasteiger partial charge on any atom is 0.197 e. The maximum absolute atomic E-state index is 12.3. The van der Waals surface area contributed by atoms with Crippen LogP contribution in [0.2, 0.25) is 0 Å². The predicted octanol–water partition coefficient (Wildman–Crippen LogP) is 3.88. The number of benzene rings is 2. The summed E-state index contributed by atoms with van der Waals surface area (Å²) in [6.45, 7) is 0. The standard InChI is InChI=1S/C13H7BrO2S/c14-8-5-6-9(15)13-11(8)12(16)7-3-1-2-4-10(7)17-13/h1-6,15H. The summed E-state index contributed by atoms with van der Waals surface area (Å²) in [6.07, 6.45) is 0. The molecule has 1 heterocycles. The minimum Gasteiger partial charge on any atom is -0.506 e. The molecule has 0 bridgehead atoms. The number of phenols is 1. The summed E-state index contributed by atoms with van der Waals surface area (Å²) in [5.41, 5.74) is -0.0443. The average molecular weight is 307 g/mol. The molecule has 2 nitrogen and oxygen atoms in total. The van der Waals surface area contributed by atoms with Gasteiger partial charge in [0.25, 0.3) is 0 Å². The molecule has 0 radical (unpaired) electrons. The Balaban J connectivity index is 2.69. The molecule has 3 rings (SSSR count). The van der Waals surface area contributed by atoms with Gasteiger partial charge in [0.15, 0.2) is 5.43 Å². The molecule has 2 aromatic carbocycles. The molecule has 84 valence electrons. The van der Waals surface area contributed by atoms with Crippen LogP contribution in [-0.2, 0) is 0 Å². The molecule has 1 aromatic heterocycles. The largest absolute Gasteiger partial charge is 0.506 e. The predicted molar refractivity (Wildman–Crippen MR) is 75.0 cm³/mol. The van der Waals surface area contributed by atoms with Crippen molar-refractivity contribution in [2.24, 2.45) is 0 Å². The molecule has 0 aliphatic rings. The molecule has 0 unspecified atom stereocenters. The molecule has 3 aromatic rings. The van der Waals surface area contributed by atoms with Crippen LogP contribution in [0.3, 0.4) is 0 Å². The Hall–Kier alpha value is -1.39. The molecule has 0 saturated heterocycles. The Labute approximate surface area is 109 Å². The van der Waals surface area contributed by atoms with Gasteiger partial charge in [-0.1, -0.05) is 12.1 Å². The molecule has 0 atom stereocenters. The minimum atomic E-state index is -0.0443. The Morgan fingerprint density at radius 3 is 2.71 bits per heavy atom. The van der Waals surface area contributed by atoms with E-state index in [-0.39, 0.29) is 11.2 Å². The van der Waals surface area contributed by atoms with Gasteiger partial charge in [-0.3, -0.25) is 4.79 Å². The summed E-state index contributed by atoms with van der Waals surface area (Å²) in [5, 5.41) is 11.1. The second-order valence-electron chi connectivity index (χ2n) is 3.70. The van der Waals surface area contributed by atoms with Crippen LogP contribution in [0.25, 0.3) is 20.2 Å². The lowest BCUT2D eigenvalue weighted by Gasteiger charge is -2.04. The summed E-state index contributed by atoms with van der Waals surface area (Å²) < 4.78 is 2.23. The van der Waals surface area contributed by atoms with Gasteiger partial charge in [-0.25, -0.2) is 0 Å². The SMILES string of the molecule is O=c1c2ccccc2sc2c(O)ccc(Br)c12. The van der Waals surface area contributed by atoms with E-state index in [0.29, 0.717) is 15.5 Å². The third-order valence-electron chi connectivity index (χ3n) is 2.66. The highest BCUT2D eigenvalue weighted by Gasteiger charge is 2.11. The van der Waals surface area contributed by atoms with Crippen molar-refractivity contribution in [1.82, 2.24) is 0 Å². The molecular formula is C13H7BrO2S. The van der Waals surface area contributed by atoms with Crippen molar-refractivity contribution in [2.75, 3.05) is 0 Å². The molecule has 0 saturated carbocycles. The highest BCUT2D eigenvalue weighted by atomic mass is 79.9. The van der Waals surface area contributed by atoms with Gasteiger partial charge in [0.1, 0.15) is 5.75 Å². The molecule has 0 spiro atoms. The van der Waals surface area contributed by atoms with Crippen LogP contribution < -0.4 is 5.43 Å². The van der Waals surface area contributed by atoms with Crippen LogP contribution in [0, 0.1) is 0 Å². The summed E-state index contributed by atoms with van der Waals surface area (Å²) in [4.78, 5) is 12.3. The summed E-state index contributed by atoms with van der Waals surface area (Å²) in [7, 11) is 0. The maximum atomic E-state index is 12.3. The number of aromatic hydroxyl groups is 1. The number of rotatable bonds is 0. The van der Waals surface area contributed by atoms with Gasteiger partial charge in [-0.15, -0.1) is 11.3 Å². The number of halogens is 1. The molecule has 0 amide bonds. The van der Waals surface area contributed by atoms with Gasteiger partial charge < -0.3 is 5.11 Å². The lowest BCUT2D eigenvalue weighted by molar-refractivity contribution is 0.482. The highest BCUT2D eigenvalue weighted by molar-refractivity contribution is 9.10. The molecule has 0 fully saturated rings. The van der Waals surface area contributed by atoms with E-state index in [0.717, 1.165) is 9.17 Å². The van der Waals surface area contributed by atoms with Gasteiger partial charge in [0.05, 0.1) is 10.1 Å². The number of fused-ring (bicyclic) bond motifs is 2. The summed E-state index contributed by atoms with van der Waals surface area (Å²) in [6, 6.07) is 10.7. The van der Waals surface area contributed by atoms with Crippen LogP contribution in [0.4, 0.5) is 0 Å². The zero-order valence-electron chi connectivity index (χ0n) is 8.61. The topological polar surface area (TPSA) is 37.3 Å². The number of hydrogen-bond acceptors (Lipinski definition) is 3. The first-order valence-electron chi connectivity index (χ1n) is 5.01. The Bertz CT molecular complexity index is 792. The minimum absolute atomic E-state index is 0.0443. The van der Waals surface area contributed by atoms with Crippen LogP contribution in [0.5, 0.6) is 5.75 Å².